The number of hydrogen-bond donors (Lipinski definition) is 1. The maximum atomic E-state index is 5.79. The van der Waals surface area contributed by atoms with E-state index >= 15 is 0 Å². The second-order valence-corrected chi connectivity index (χ2v) is 3.87. The maximum absolute atomic E-state index is 5.79. The van der Waals surface area contributed by atoms with Crippen molar-refractivity contribution in [1.82, 2.24) is 0 Å². The first-order valence-electron chi connectivity index (χ1n) is 2.85. The number of nitrogen functional groups attached to an aromatic ring is 1. The van der Waals surface area contributed by atoms with E-state index in [-0.39, 0.29) is 0 Å². The highest BCUT2D eigenvalue weighted by atomic mass is 35.5. The van der Waals surface area contributed by atoms with Crippen LogP contribution in [0.4, 0.5) is 5.69 Å². The molecule has 0 atom stereocenters. The number of benzene rings is 1. The molecule has 0 radical (unpaired) electrons. The van der Waals surface area contributed by atoms with Gasteiger partial charge in [-0.05, 0) is 12.1 Å². The smallest absolute Gasteiger partial charge is 0.0788 e. The number of hydrogen-bond acceptors (Lipinski definition) is 3. The molecule has 0 amide bonds. The summed E-state index contributed by atoms with van der Waals surface area (Å²) in [5, 5.41) is 0.905. The molecule has 0 aliphatic rings. The topological polar surface area (TPSA) is 35.2 Å². The average molecular weight is 245 g/mol. The van der Waals surface area contributed by atoms with Crippen LogP contribution in [0.15, 0.2) is 17.0 Å². The minimum absolute atomic E-state index is 0.422. The van der Waals surface area contributed by atoms with E-state index in [0.29, 0.717) is 20.6 Å². The van der Waals surface area contributed by atoms with Gasteiger partial charge in [-0.25, -0.2) is 3.74 Å². The first kappa shape index (κ1) is 10.3. The fourth-order valence-corrected chi connectivity index (χ4v) is 1.85. The molecule has 0 fully saturated rings. The molecule has 6 heteroatoms. The predicted octanol–water partition coefficient (Wildman–Crippen LogP) is 3.75. The highest BCUT2D eigenvalue weighted by Crippen LogP contribution is 2.36. The van der Waals surface area contributed by atoms with Gasteiger partial charge in [-0.3, -0.25) is 0 Å². The van der Waals surface area contributed by atoms with E-state index in [2.05, 4.69) is 3.74 Å². The maximum Gasteiger partial charge on any atom is 0.0788 e. The Morgan fingerprint density at radius 1 is 1.33 bits per heavy atom. The Hall–Kier alpha value is 0.200. The lowest BCUT2D eigenvalue weighted by Gasteiger charge is -2.04. The van der Waals surface area contributed by atoms with Gasteiger partial charge >= 0.3 is 0 Å². The van der Waals surface area contributed by atoms with Crippen molar-refractivity contribution in [2.24, 2.45) is 0 Å². The summed E-state index contributed by atoms with van der Waals surface area (Å²) >= 11 is 17.4. The molecule has 66 valence electrons. The molecule has 1 aromatic carbocycles. The number of rotatable bonds is 2. The molecular formula is C6H4Cl3NOS. The Kier molecular flexibility index (Phi) is 3.80. The third-order valence-corrected chi connectivity index (χ3v) is 2.65. The van der Waals surface area contributed by atoms with E-state index in [9.17, 15) is 0 Å². The molecule has 0 bridgehead atoms. The van der Waals surface area contributed by atoms with Gasteiger partial charge in [-0.15, -0.1) is 0 Å². The third-order valence-electron chi connectivity index (χ3n) is 1.15. The molecular weight excluding hydrogens is 240 g/mol. The summed E-state index contributed by atoms with van der Waals surface area (Å²) < 4.78 is 4.31. The molecule has 0 saturated carbocycles. The highest BCUT2D eigenvalue weighted by molar-refractivity contribution is 7.95. The Morgan fingerprint density at radius 3 is 2.50 bits per heavy atom. The van der Waals surface area contributed by atoms with Crippen molar-refractivity contribution in [2.45, 2.75) is 4.90 Å². The van der Waals surface area contributed by atoms with Crippen molar-refractivity contribution < 1.29 is 3.74 Å². The number of halogens is 3. The molecule has 1 rings (SSSR count). The second kappa shape index (κ2) is 4.44. The van der Waals surface area contributed by atoms with E-state index in [1.165, 1.54) is 0 Å². The van der Waals surface area contributed by atoms with Crippen LogP contribution in [0.25, 0.3) is 0 Å². The van der Waals surface area contributed by atoms with Crippen LogP contribution in [0, 0.1) is 0 Å². The Balaban J connectivity index is 3.10. The zero-order valence-electron chi connectivity index (χ0n) is 5.68. The minimum atomic E-state index is 0.422. The molecule has 0 spiro atoms. The van der Waals surface area contributed by atoms with E-state index in [4.69, 9.17) is 40.8 Å². The lowest BCUT2D eigenvalue weighted by Crippen LogP contribution is -1.88. The Morgan fingerprint density at radius 2 is 2.00 bits per heavy atom. The molecule has 1 aromatic rings. The van der Waals surface area contributed by atoms with Gasteiger partial charge in [0.1, 0.15) is 0 Å². The van der Waals surface area contributed by atoms with Gasteiger partial charge in [0.25, 0.3) is 0 Å². The lowest BCUT2D eigenvalue weighted by molar-refractivity contribution is 0.727. The van der Waals surface area contributed by atoms with Gasteiger partial charge in [0.2, 0.25) is 0 Å². The molecule has 0 heterocycles. The van der Waals surface area contributed by atoms with Gasteiger partial charge in [0, 0.05) is 5.02 Å². The summed E-state index contributed by atoms with van der Waals surface area (Å²) in [6.07, 6.45) is 0. The number of anilines is 1. The number of nitrogens with two attached hydrogens (primary N) is 1. The molecule has 12 heavy (non-hydrogen) atoms. The summed E-state index contributed by atoms with van der Waals surface area (Å²) in [6, 6.07) is 3.14. The average Bonchev–Trinajstić information content (AvgIpc) is 1.96. The molecule has 2 nitrogen and oxygen atoms in total. The molecule has 0 aliphatic carbocycles. The summed E-state index contributed by atoms with van der Waals surface area (Å²) in [5.74, 6) is 0. The fraction of sp³-hybridized carbons (Fsp3) is 0. The zero-order chi connectivity index (χ0) is 9.14. The van der Waals surface area contributed by atoms with Crippen molar-refractivity contribution in [2.75, 3.05) is 5.73 Å². The van der Waals surface area contributed by atoms with E-state index in [1.54, 1.807) is 12.1 Å². The van der Waals surface area contributed by atoms with Crippen molar-refractivity contribution in [1.29, 1.82) is 0 Å². The van der Waals surface area contributed by atoms with E-state index < -0.39 is 0 Å². The molecule has 2 N–H and O–H groups in total. The molecule has 0 saturated heterocycles. The summed E-state index contributed by atoms with van der Waals surface area (Å²) in [7, 11) is 0. The van der Waals surface area contributed by atoms with E-state index in [0.717, 1.165) is 12.0 Å². The normalized spacial score (nSPS) is 10.2. The Bertz CT molecular complexity index is 271. The van der Waals surface area contributed by atoms with Crippen molar-refractivity contribution in [3.8, 4) is 0 Å². The molecule has 0 aromatic heterocycles. The first-order chi connectivity index (χ1) is 5.65. The molecule has 0 unspecified atom stereocenters. The van der Waals surface area contributed by atoms with Crippen molar-refractivity contribution >= 4 is 52.8 Å². The van der Waals surface area contributed by atoms with Crippen LogP contribution in [-0.2, 0) is 3.74 Å². The zero-order valence-corrected chi connectivity index (χ0v) is 8.77. The second-order valence-electron chi connectivity index (χ2n) is 1.95. The molecule has 0 aliphatic heterocycles. The van der Waals surface area contributed by atoms with Gasteiger partial charge in [-0.1, -0.05) is 23.2 Å². The lowest BCUT2D eigenvalue weighted by atomic mass is 10.3. The fourth-order valence-electron chi connectivity index (χ4n) is 0.700. The van der Waals surface area contributed by atoms with Crippen LogP contribution in [0.3, 0.4) is 0 Å². The van der Waals surface area contributed by atoms with Crippen molar-refractivity contribution in [3.05, 3.63) is 22.2 Å². The van der Waals surface area contributed by atoms with Gasteiger partial charge in [0.15, 0.2) is 0 Å². The predicted molar refractivity (Wildman–Crippen MR) is 53.7 cm³/mol. The van der Waals surface area contributed by atoms with Crippen LogP contribution in [0.5, 0.6) is 0 Å². The van der Waals surface area contributed by atoms with Gasteiger partial charge in [0.05, 0.1) is 39.5 Å². The standard InChI is InChI=1S/C6H4Cl3NOS/c7-3-1-4(8)6(12-11-9)5(10)2-3/h1-2H,10H2. The van der Waals surface area contributed by atoms with Crippen LogP contribution in [-0.4, -0.2) is 0 Å². The quantitative estimate of drug-likeness (QED) is 0.636. The SMILES string of the molecule is Nc1cc(Cl)cc(Cl)c1SOCl. The first-order valence-corrected chi connectivity index (χ1v) is 4.65. The van der Waals surface area contributed by atoms with E-state index in [1.807, 2.05) is 0 Å². The summed E-state index contributed by atoms with van der Waals surface area (Å²) in [6.45, 7) is 0. The van der Waals surface area contributed by atoms with Gasteiger partial charge in [-0.2, -0.15) is 0 Å². The summed E-state index contributed by atoms with van der Waals surface area (Å²) in [4.78, 5) is 0.566. The van der Waals surface area contributed by atoms with Crippen molar-refractivity contribution in [3.63, 3.8) is 0 Å². The van der Waals surface area contributed by atoms with Crippen LogP contribution in [0.2, 0.25) is 10.0 Å². The monoisotopic (exact) mass is 243 g/mol. The van der Waals surface area contributed by atoms with Crippen LogP contribution < -0.4 is 5.73 Å². The summed E-state index contributed by atoms with van der Waals surface area (Å²) in [5.41, 5.74) is 6.02. The highest BCUT2D eigenvalue weighted by Gasteiger charge is 2.07. The third kappa shape index (κ3) is 2.34. The van der Waals surface area contributed by atoms with Crippen LogP contribution in [0.1, 0.15) is 0 Å². The van der Waals surface area contributed by atoms with Gasteiger partial charge < -0.3 is 5.73 Å². The largest absolute Gasteiger partial charge is 0.398 e. The minimum Gasteiger partial charge on any atom is -0.398 e. The Labute approximate surface area is 89.3 Å². The van der Waals surface area contributed by atoms with Crippen LogP contribution >= 0.6 is 47.1 Å².